The van der Waals surface area contributed by atoms with Crippen LogP contribution in [-0.2, 0) is 26.2 Å². The van der Waals surface area contributed by atoms with E-state index in [0.717, 1.165) is 22.2 Å². The minimum Gasteiger partial charge on any atom is -0.467 e. The van der Waals surface area contributed by atoms with E-state index >= 15 is 0 Å². The highest BCUT2D eigenvalue weighted by atomic mass is 32.2. The van der Waals surface area contributed by atoms with Crippen LogP contribution in [0.2, 0.25) is 0 Å². The molecule has 8 nitrogen and oxygen atoms in total. The van der Waals surface area contributed by atoms with Crippen LogP contribution >= 0.6 is 11.8 Å². The van der Waals surface area contributed by atoms with Crippen molar-refractivity contribution in [3.05, 3.63) is 119 Å². The lowest BCUT2D eigenvalue weighted by atomic mass is 10.0. The van der Waals surface area contributed by atoms with Gasteiger partial charge in [0.15, 0.2) is 0 Å². The van der Waals surface area contributed by atoms with Gasteiger partial charge < -0.3 is 9.73 Å². The number of carbonyl (C=O) groups excluding carboxylic acids is 2. The Bertz CT molecular complexity index is 1650. The average molecular weight is 574 g/mol. The lowest BCUT2D eigenvalue weighted by Crippen LogP contribution is -2.31. The molecular weight excluding hydrogens is 546 g/mol. The van der Waals surface area contributed by atoms with Crippen molar-refractivity contribution in [2.24, 2.45) is 0 Å². The summed E-state index contributed by atoms with van der Waals surface area (Å²) in [4.78, 5) is 29.1. The fourth-order valence-corrected chi connectivity index (χ4v) is 6.10. The first-order valence-corrected chi connectivity index (χ1v) is 14.9. The Balaban J connectivity index is 1.39. The van der Waals surface area contributed by atoms with E-state index in [1.54, 1.807) is 54.6 Å². The number of hydrogen-bond acceptors (Lipinski definition) is 7. The molecule has 3 aromatic carbocycles. The highest BCUT2D eigenvalue weighted by Crippen LogP contribution is 2.37. The van der Waals surface area contributed by atoms with E-state index < -0.39 is 21.8 Å². The van der Waals surface area contributed by atoms with Gasteiger partial charge in [0, 0.05) is 16.3 Å². The number of hydrogen-bond donors (Lipinski definition) is 2. The molecule has 0 fully saturated rings. The largest absolute Gasteiger partial charge is 0.467 e. The monoisotopic (exact) mass is 573 g/mol. The average Bonchev–Trinajstić information content (AvgIpc) is 3.54. The van der Waals surface area contributed by atoms with E-state index in [0.29, 0.717) is 27.9 Å². The van der Waals surface area contributed by atoms with Crippen molar-refractivity contribution in [3.8, 4) is 0 Å². The van der Waals surface area contributed by atoms with Crippen LogP contribution in [0.5, 0.6) is 0 Å². The third-order valence-corrected chi connectivity index (χ3v) is 8.73. The molecule has 204 valence electrons. The van der Waals surface area contributed by atoms with Crippen molar-refractivity contribution >= 4 is 45.0 Å². The molecule has 10 heteroatoms. The van der Waals surface area contributed by atoms with Crippen molar-refractivity contribution in [2.75, 3.05) is 10.0 Å². The van der Waals surface area contributed by atoms with Crippen LogP contribution in [0.4, 0.5) is 11.4 Å². The van der Waals surface area contributed by atoms with Gasteiger partial charge in [0.2, 0.25) is 0 Å². The number of nitrogens with one attached hydrogen (secondary N) is 2. The Morgan fingerprint density at radius 3 is 2.12 bits per heavy atom. The molecule has 0 aliphatic carbocycles. The second-order valence-electron chi connectivity index (χ2n) is 9.43. The van der Waals surface area contributed by atoms with Gasteiger partial charge in [-0.25, -0.2) is 8.42 Å². The summed E-state index contributed by atoms with van der Waals surface area (Å²) in [5.74, 6) is -0.0488. The standard InChI is InChI=1S/C30H27N3O5S2/c1-20(2)21-10-12-22(13-11-21)31-27-28(30(35)33(29(27)34)19-24-7-6-18-38-24)39-25-16-14-23(15-17-25)32-40(36,37)26-8-4-3-5-9-26/h3-18,20,31-32H,19H2,1-2H3. The van der Waals surface area contributed by atoms with Crippen molar-refractivity contribution in [1.82, 2.24) is 4.90 Å². The Morgan fingerprint density at radius 2 is 1.50 bits per heavy atom. The van der Waals surface area contributed by atoms with Gasteiger partial charge >= 0.3 is 0 Å². The molecule has 0 radical (unpaired) electrons. The van der Waals surface area contributed by atoms with E-state index in [1.807, 2.05) is 24.3 Å². The maximum atomic E-state index is 13.5. The van der Waals surface area contributed by atoms with Crippen LogP contribution in [0.1, 0.15) is 31.1 Å². The molecule has 0 unspecified atom stereocenters. The number of benzene rings is 3. The van der Waals surface area contributed by atoms with Crippen molar-refractivity contribution in [2.45, 2.75) is 36.1 Å². The zero-order chi connectivity index (χ0) is 28.3. The van der Waals surface area contributed by atoms with Crippen LogP contribution in [0.3, 0.4) is 0 Å². The minimum atomic E-state index is -3.74. The predicted octanol–water partition coefficient (Wildman–Crippen LogP) is 6.19. The smallest absolute Gasteiger partial charge is 0.278 e. The van der Waals surface area contributed by atoms with Gasteiger partial charge in [-0.15, -0.1) is 0 Å². The molecule has 2 amide bonds. The number of sulfonamides is 1. The molecule has 2 heterocycles. The van der Waals surface area contributed by atoms with E-state index in [-0.39, 0.29) is 22.0 Å². The highest BCUT2D eigenvalue weighted by molar-refractivity contribution is 8.04. The number of imide groups is 1. The molecule has 0 saturated carbocycles. The lowest BCUT2D eigenvalue weighted by molar-refractivity contribution is -0.138. The van der Waals surface area contributed by atoms with Gasteiger partial charge in [-0.2, -0.15) is 0 Å². The zero-order valence-electron chi connectivity index (χ0n) is 21.8. The van der Waals surface area contributed by atoms with Gasteiger partial charge in [0.05, 0.1) is 17.7 Å². The number of amides is 2. The second kappa shape index (κ2) is 11.4. The maximum absolute atomic E-state index is 13.5. The Kier molecular flexibility index (Phi) is 7.81. The summed E-state index contributed by atoms with van der Waals surface area (Å²) in [7, 11) is -3.74. The summed E-state index contributed by atoms with van der Waals surface area (Å²) in [5, 5.41) is 3.15. The third kappa shape index (κ3) is 5.98. The summed E-state index contributed by atoms with van der Waals surface area (Å²) in [6.45, 7) is 4.21. The first kappa shape index (κ1) is 27.3. The molecule has 2 N–H and O–H groups in total. The summed E-state index contributed by atoms with van der Waals surface area (Å²) in [5.41, 5.74) is 2.39. The lowest BCUT2D eigenvalue weighted by Gasteiger charge is -2.14. The van der Waals surface area contributed by atoms with Crippen molar-refractivity contribution < 1.29 is 22.4 Å². The second-order valence-corrected chi connectivity index (χ2v) is 12.2. The summed E-state index contributed by atoms with van der Waals surface area (Å²) in [6, 6.07) is 25.8. The number of rotatable bonds is 10. The zero-order valence-corrected chi connectivity index (χ0v) is 23.5. The third-order valence-electron chi connectivity index (χ3n) is 6.25. The molecule has 40 heavy (non-hydrogen) atoms. The molecular formula is C30H27N3O5S2. The first-order valence-electron chi connectivity index (χ1n) is 12.6. The van der Waals surface area contributed by atoms with E-state index in [9.17, 15) is 18.0 Å². The number of carbonyl (C=O) groups is 2. The molecule has 1 aromatic heterocycles. The molecule has 1 aliphatic heterocycles. The number of anilines is 2. The van der Waals surface area contributed by atoms with Gasteiger partial charge in [-0.1, -0.05) is 55.9 Å². The Morgan fingerprint density at radius 1 is 0.825 bits per heavy atom. The first-order chi connectivity index (χ1) is 19.2. The van der Waals surface area contributed by atoms with Crippen molar-refractivity contribution in [1.29, 1.82) is 0 Å². The van der Waals surface area contributed by atoms with Gasteiger partial charge in [-0.05, 0) is 72.1 Å². The summed E-state index contributed by atoms with van der Waals surface area (Å²) < 4.78 is 33.2. The van der Waals surface area contributed by atoms with Crippen LogP contribution in [-0.4, -0.2) is 25.1 Å². The van der Waals surface area contributed by atoms with Gasteiger partial charge in [-0.3, -0.25) is 19.2 Å². The van der Waals surface area contributed by atoms with Crippen LogP contribution in [0.15, 0.2) is 122 Å². The van der Waals surface area contributed by atoms with E-state index in [4.69, 9.17) is 4.42 Å². The number of furan rings is 1. The van der Waals surface area contributed by atoms with Crippen LogP contribution in [0.25, 0.3) is 0 Å². The Labute approximate surface area is 237 Å². The number of nitrogens with zero attached hydrogens (tertiary/aromatic N) is 1. The molecule has 1 aliphatic rings. The fraction of sp³-hybridized carbons (Fsp3) is 0.133. The minimum absolute atomic E-state index is 0.00635. The molecule has 4 aromatic rings. The maximum Gasteiger partial charge on any atom is 0.278 e. The van der Waals surface area contributed by atoms with Crippen LogP contribution < -0.4 is 10.0 Å². The highest BCUT2D eigenvalue weighted by Gasteiger charge is 2.39. The Hall–Kier alpha value is -4.28. The van der Waals surface area contributed by atoms with E-state index in [2.05, 4.69) is 23.9 Å². The van der Waals surface area contributed by atoms with Crippen LogP contribution in [0, 0.1) is 0 Å². The van der Waals surface area contributed by atoms with Gasteiger partial charge in [0.1, 0.15) is 16.4 Å². The molecule has 0 atom stereocenters. The van der Waals surface area contributed by atoms with E-state index in [1.165, 1.54) is 18.4 Å². The molecule has 0 bridgehead atoms. The molecule has 5 rings (SSSR count). The quantitative estimate of drug-likeness (QED) is 0.218. The normalized spacial score (nSPS) is 13.8. The van der Waals surface area contributed by atoms with Gasteiger partial charge in [0.25, 0.3) is 21.8 Å². The predicted molar refractivity (Wildman–Crippen MR) is 155 cm³/mol. The molecule has 0 spiro atoms. The van der Waals surface area contributed by atoms with Crippen molar-refractivity contribution in [3.63, 3.8) is 0 Å². The SMILES string of the molecule is CC(C)c1ccc(NC2=C(Sc3ccc(NS(=O)(=O)c4ccccc4)cc3)C(=O)N(Cc3ccco3)C2=O)cc1. The summed E-state index contributed by atoms with van der Waals surface area (Å²) in [6.07, 6.45) is 1.49. The molecule has 0 saturated heterocycles. The fourth-order valence-electron chi connectivity index (χ4n) is 4.08. The summed E-state index contributed by atoms with van der Waals surface area (Å²) >= 11 is 1.14. The number of thioether (sulfide) groups is 1. The topological polar surface area (TPSA) is 109 Å².